The molecule has 0 spiro atoms. The Morgan fingerprint density at radius 1 is 0.848 bits per heavy atom. The van der Waals surface area contributed by atoms with Crippen molar-refractivity contribution in [2.45, 2.75) is 47.0 Å². The fourth-order valence-electron chi connectivity index (χ4n) is 3.48. The van der Waals surface area contributed by atoms with E-state index in [-0.39, 0.29) is 17.9 Å². The third-order valence-electron chi connectivity index (χ3n) is 5.27. The highest BCUT2D eigenvalue weighted by Crippen LogP contribution is 2.32. The maximum atomic E-state index is 12.5. The van der Waals surface area contributed by atoms with Crippen molar-refractivity contribution in [3.8, 4) is 11.5 Å². The molecule has 3 aromatic carbocycles. The first-order valence-electron chi connectivity index (χ1n) is 11.0. The number of amides is 1. The predicted octanol–water partition coefficient (Wildman–Crippen LogP) is 6.15. The lowest BCUT2D eigenvalue weighted by molar-refractivity contribution is -0.136. The molecule has 0 aliphatic carbocycles. The van der Waals surface area contributed by atoms with E-state index in [1.54, 1.807) is 24.3 Å². The molecule has 0 saturated carbocycles. The maximum Gasteiger partial charge on any atom is 0.349 e. The van der Waals surface area contributed by atoms with Crippen LogP contribution in [0.25, 0.3) is 0 Å². The van der Waals surface area contributed by atoms with Gasteiger partial charge in [-0.3, -0.25) is 4.79 Å². The van der Waals surface area contributed by atoms with Crippen molar-refractivity contribution in [3.63, 3.8) is 0 Å². The number of anilines is 1. The van der Waals surface area contributed by atoms with Gasteiger partial charge in [0.25, 0.3) is 5.91 Å². The van der Waals surface area contributed by atoms with Gasteiger partial charge < -0.3 is 14.8 Å². The van der Waals surface area contributed by atoms with E-state index in [0.29, 0.717) is 17.1 Å². The second-order valence-electron chi connectivity index (χ2n) is 9.31. The van der Waals surface area contributed by atoms with E-state index in [1.807, 2.05) is 51.1 Å². The monoisotopic (exact) mass is 445 g/mol. The highest BCUT2D eigenvalue weighted by atomic mass is 16.6. The fraction of sp³-hybridized carbons (Fsp3) is 0.286. The largest absolute Gasteiger partial charge is 0.482 e. The van der Waals surface area contributed by atoms with Crippen LogP contribution in [0.1, 0.15) is 53.4 Å². The molecular weight excluding hydrogens is 414 g/mol. The standard InChI is InChI=1S/C28H31NO4/c1-18-7-13-24(20(3)15-18)29-27(31)21-9-11-22(12-10-21)33-26(30)17-32-25-14-8-19(2)16-23(25)28(4,5)6/h7-16H,17H2,1-6H3,(H,29,31). The van der Waals surface area contributed by atoms with Crippen LogP contribution < -0.4 is 14.8 Å². The average Bonchev–Trinajstić information content (AvgIpc) is 2.74. The first-order valence-corrected chi connectivity index (χ1v) is 11.0. The number of aryl methyl sites for hydroxylation is 3. The van der Waals surface area contributed by atoms with Crippen LogP contribution in [0, 0.1) is 20.8 Å². The first-order chi connectivity index (χ1) is 15.5. The Kier molecular flexibility index (Phi) is 7.22. The summed E-state index contributed by atoms with van der Waals surface area (Å²) >= 11 is 0. The van der Waals surface area contributed by atoms with Crippen molar-refractivity contribution in [2.75, 3.05) is 11.9 Å². The number of benzene rings is 3. The number of hydrogen-bond acceptors (Lipinski definition) is 4. The van der Waals surface area contributed by atoms with E-state index in [0.717, 1.165) is 27.9 Å². The number of carbonyl (C=O) groups excluding carboxylic acids is 2. The van der Waals surface area contributed by atoms with E-state index in [2.05, 4.69) is 32.2 Å². The predicted molar refractivity (Wildman–Crippen MR) is 131 cm³/mol. The lowest BCUT2D eigenvalue weighted by Crippen LogP contribution is -2.20. The molecular formula is C28H31NO4. The maximum absolute atomic E-state index is 12.5. The molecule has 0 fully saturated rings. The first kappa shape index (κ1) is 24.1. The number of esters is 1. The Bertz CT molecular complexity index is 1160. The minimum absolute atomic E-state index is 0.112. The van der Waals surface area contributed by atoms with Crippen molar-refractivity contribution in [3.05, 3.63) is 88.5 Å². The van der Waals surface area contributed by atoms with Gasteiger partial charge in [0.2, 0.25) is 0 Å². The zero-order valence-electron chi connectivity index (χ0n) is 20.1. The van der Waals surface area contributed by atoms with Crippen LogP contribution >= 0.6 is 0 Å². The van der Waals surface area contributed by atoms with Crippen LogP contribution in [0.4, 0.5) is 5.69 Å². The number of carbonyl (C=O) groups is 2. The summed E-state index contributed by atoms with van der Waals surface area (Å²) in [5.74, 6) is 0.287. The number of rotatable bonds is 6. The SMILES string of the molecule is Cc1ccc(NC(=O)c2ccc(OC(=O)COc3ccc(C)cc3C(C)(C)C)cc2)c(C)c1. The van der Waals surface area contributed by atoms with Crippen LogP contribution in [-0.2, 0) is 10.2 Å². The van der Waals surface area contributed by atoms with Gasteiger partial charge in [0.05, 0.1) is 0 Å². The highest BCUT2D eigenvalue weighted by molar-refractivity contribution is 6.04. The summed E-state index contributed by atoms with van der Waals surface area (Å²) in [4.78, 5) is 24.9. The molecule has 0 unspecified atom stereocenters. The normalized spacial score (nSPS) is 11.1. The van der Waals surface area contributed by atoms with Gasteiger partial charge in [0, 0.05) is 11.3 Å². The Labute approximate surface area is 195 Å². The van der Waals surface area contributed by atoms with Gasteiger partial charge in [-0.25, -0.2) is 4.79 Å². The van der Waals surface area contributed by atoms with E-state index < -0.39 is 5.97 Å². The van der Waals surface area contributed by atoms with E-state index in [4.69, 9.17) is 9.47 Å². The van der Waals surface area contributed by atoms with E-state index >= 15 is 0 Å². The second kappa shape index (κ2) is 9.90. The molecule has 0 aliphatic heterocycles. The summed E-state index contributed by atoms with van der Waals surface area (Å²) in [6.07, 6.45) is 0. The molecule has 172 valence electrons. The third-order valence-corrected chi connectivity index (χ3v) is 5.27. The lowest BCUT2D eigenvalue weighted by Gasteiger charge is -2.23. The fourth-order valence-corrected chi connectivity index (χ4v) is 3.48. The van der Waals surface area contributed by atoms with Gasteiger partial charge in [-0.2, -0.15) is 0 Å². The minimum atomic E-state index is -0.511. The summed E-state index contributed by atoms with van der Waals surface area (Å²) in [5.41, 5.74) is 5.43. The molecule has 0 heterocycles. The minimum Gasteiger partial charge on any atom is -0.482 e. The summed E-state index contributed by atoms with van der Waals surface area (Å²) < 4.78 is 11.1. The number of hydrogen-bond donors (Lipinski definition) is 1. The molecule has 3 aromatic rings. The van der Waals surface area contributed by atoms with Gasteiger partial charge in [-0.05, 0) is 73.7 Å². The van der Waals surface area contributed by atoms with Crippen LogP contribution in [-0.4, -0.2) is 18.5 Å². The average molecular weight is 446 g/mol. The molecule has 1 N–H and O–H groups in total. The van der Waals surface area contributed by atoms with Gasteiger partial charge in [-0.1, -0.05) is 56.2 Å². The molecule has 0 radical (unpaired) electrons. The topological polar surface area (TPSA) is 64.6 Å². The number of nitrogens with one attached hydrogen (secondary N) is 1. The van der Waals surface area contributed by atoms with Crippen molar-refractivity contribution in [1.82, 2.24) is 0 Å². The Hall–Kier alpha value is -3.60. The van der Waals surface area contributed by atoms with Gasteiger partial charge in [-0.15, -0.1) is 0 Å². The van der Waals surface area contributed by atoms with Crippen LogP contribution in [0.2, 0.25) is 0 Å². The molecule has 0 bridgehead atoms. The van der Waals surface area contributed by atoms with Crippen molar-refractivity contribution >= 4 is 17.6 Å². The van der Waals surface area contributed by atoms with Crippen molar-refractivity contribution < 1.29 is 19.1 Å². The molecule has 0 aliphatic rings. The quantitative estimate of drug-likeness (QED) is 0.365. The zero-order chi connectivity index (χ0) is 24.2. The molecule has 1 amide bonds. The molecule has 5 nitrogen and oxygen atoms in total. The molecule has 33 heavy (non-hydrogen) atoms. The molecule has 0 atom stereocenters. The molecule has 3 rings (SSSR count). The van der Waals surface area contributed by atoms with Crippen LogP contribution in [0.3, 0.4) is 0 Å². The van der Waals surface area contributed by atoms with Crippen molar-refractivity contribution in [1.29, 1.82) is 0 Å². The molecule has 0 saturated heterocycles. The summed E-state index contributed by atoms with van der Waals surface area (Å²) in [5, 5.41) is 2.91. The Balaban J connectivity index is 1.59. The van der Waals surface area contributed by atoms with E-state index in [9.17, 15) is 9.59 Å². The summed E-state index contributed by atoms with van der Waals surface area (Å²) in [6.45, 7) is 12.1. The van der Waals surface area contributed by atoms with Gasteiger partial charge >= 0.3 is 5.97 Å². The lowest BCUT2D eigenvalue weighted by atomic mass is 9.85. The summed E-state index contributed by atoms with van der Waals surface area (Å²) in [7, 11) is 0. The van der Waals surface area contributed by atoms with Gasteiger partial charge in [0.15, 0.2) is 6.61 Å². The molecule has 5 heteroatoms. The molecule has 0 aromatic heterocycles. The highest BCUT2D eigenvalue weighted by Gasteiger charge is 2.20. The smallest absolute Gasteiger partial charge is 0.349 e. The Morgan fingerprint density at radius 3 is 2.12 bits per heavy atom. The van der Waals surface area contributed by atoms with Crippen molar-refractivity contribution in [2.24, 2.45) is 0 Å². The van der Waals surface area contributed by atoms with Crippen LogP contribution in [0.15, 0.2) is 60.7 Å². The van der Waals surface area contributed by atoms with E-state index in [1.165, 1.54) is 0 Å². The summed E-state index contributed by atoms with van der Waals surface area (Å²) in [6, 6.07) is 18.2. The Morgan fingerprint density at radius 2 is 1.48 bits per heavy atom. The third kappa shape index (κ3) is 6.45. The zero-order valence-corrected chi connectivity index (χ0v) is 20.1. The second-order valence-corrected chi connectivity index (χ2v) is 9.31. The number of ether oxygens (including phenoxy) is 2. The van der Waals surface area contributed by atoms with Crippen LogP contribution in [0.5, 0.6) is 11.5 Å². The van der Waals surface area contributed by atoms with Gasteiger partial charge in [0.1, 0.15) is 11.5 Å².